The maximum atomic E-state index is 12.2. The number of aryl methyl sites for hydroxylation is 1. The molecule has 0 saturated carbocycles. The van der Waals surface area contributed by atoms with Crippen LogP contribution in [0.2, 0.25) is 0 Å². The third-order valence-electron chi connectivity index (χ3n) is 4.66. The van der Waals surface area contributed by atoms with E-state index in [1.807, 2.05) is 31.2 Å². The largest absolute Gasteiger partial charge is 0.376 e. The number of nitrogens with one attached hydrogen (secondary N) is 3. The highest BCUT2D eigenvalue weighted by Gasteiger charge is 2.16. The van der Waals surface area contributed by atoms with Gasteiger partial charge in [-0.2, -0.15) is 0 Å². The molecule has 1 unspecified atom stereocenters. The number of anilines is 1. The molecule has 156 valence electrons. The summed E-state index contributed by atoms with van der Waals surface area (Å²) in [4.78, 5) is 24.2. The minimum Gasteiger partial charge on any atom is -0.376 e. The summed E-state index contributed by atoms with van der Waals surface area (Å²) >= 11 is 5.18. The van der Waals surface area contributed by atoms with Crippen molar-refractivity contribution in [3.63, 3.8) is 0 Å². The number of rotatable bonds is 6. The average Bonchev–Trinajstić information content (AvgIpc) is 3.26. The summed E-state index contributed by atoms with van der Waals surface area (Å²) in [7, 11) is 0. The van der Waals surface area contributed by atoms with Gasteiger partial charge in [-0.3, -0.25) is 14.9 Å². The quantitative estimate of drug-likeness (QED) is 0.490. The Morgan fingerprint density at radius 2 is 1.87 bits per heavy atom. The lowest BCUT2D eigenvalue weighted by molar-refractivity contribution is -0.115. The Labute approximate surface area is 181 Å². The van der Waals surface area contributed by atoms with E-state index in [0.717, 1.165) is 30.6 Å². The summed E-state index contributed by atoms with van der Waals surface area (Å²) in [5, 5.41) is 8.60. The monoisotopic (exact) mass is 423 g/mol. The molecule has 0 aromatic heterocycles. The standard InChI is InChI=1S/C23H25N3O3S/c1-16-4-6-17(7-5-16)8-13-21(27)26-23(30)25-19-11-9-18(10-12-19)22(28)24-15-20-3-2-14-29-20/h4-13,20H,2-3,14-15H2,1H3,(H,24,28)(H2,25,26,27,30)/b13-8+. The van der Waals surface area contributed by atoms with Gasteiger partial charge in [0.2, 0.25) is 5.91 Å². The molecule has 0 spiro atoms. The second kappa shape index (κ2) is 10.7. The molecule has 0 aliphatic carbocycles. The summed E-state index contributed by atoms with van der Waals surface area (Å²) in [6, 6.07) is 14.7. The fraction of sp³-hybridized carbons (Fsp3) is 0.261. The Hall–Kier alpha value is -3.03. The molecule has 1 saturated heterocycles. The van der Waals surface area contributed by atoms with E-state index in [4.69, 9.17) is 17.0 Å². The normalized spacial score (nSPS) is 15.7. The second-order valence-corrected chi connectivity index (χ2v) is 7.52. The zero-order valence-electron chi connectivity index (χ0n) is 16.8. The van der Waals surface area contributed by atoms with Crippen LogP contribution in [-0.2, 0) is 9.53 Å². The van der Waals surface area contributed by atoms with Gasteiger partial charge < -0.3 is 15.4 Å². The van der Waals surface area contributed by atoms with E-state index >= 15 is 0 Å². The van der Waals surface area contributed by atoms with E-state index in [0.29, 0.717) is 17.8 Å². The molecule has 3 rings (SSSR count). The molecule has 1 heterocycles. The number of benzene rings is 2. The molecule has 30 heavy (non-hydrogen) atoms. The van der Waals surface area contributed by atoms with Gasteiger partial charge in [0, 0.05) is 30.5 Å². The summed E-state index contributed by atoms with van der Waals surface area (Å²) in [6.07, 6.45) is 5.28. The highest BCUT2D eigenvalue weighted by Crippen LogP contribution is 2.12. The summed E-state index contributed by atoms with van der Waals surface area (Å²) in [5.74, 6) is -0.465. The Morgan fingerprint density at radius 3 is 2.53 bits per heavy atom. The predicted octanol–water partition coefficient (Wildman–Crippen LogP) is 3.43. The van der Waals surface area contributed by atoms with Crippen molar-refractivity contribution in [2.45, 2.75) is 25.9 Å². The van der Waals surface area contributed by atoms with Crippen LogP contribution in [0.5, 0.6) is 0 Å². The van der Waals surface area contributed by atoms with Crippen LogP contribution in [0.25, 0.3) is 6.08 Å². The van der Waals surface area contributed by atoms with Gasteiger partial charge in [-0.15, -0.1) is 0 Å². The third kappa shape index (κ3) is 6.79. The number of thiocarbonyl (C=S) groups is 1. The molecular formula is C23H25N3O3S. The number of amides is 2. The highest BCUT2D eigenvalue weighted by molar-refractivity contribution is 7.80. The topological polar surface area (TPSA) is 79.5 Å². The molecule has 2 aromatic rings. The van der Waals surface area contributed by atoms with Gasteiger partial charge in [-0.1, -0.05) is 29.8 Å². The molecule has 2 amide bonds. The lowest BCUT2D eigenvalue weighted by Gasteiger charge is -2.11. The third-order valence-corrected chi connectivity index (χ3v) is 4.86. The minimum atomic E-state index is -0.321. The minimum absolute atomic E-state index is 0.107. The van der Waals surface area contributed by atoms with Crippen molar-refractivity contribution in [1.29, 1.82) is 0 Å². The van der Waals surface area contributed by atoms with Crippen molar-refractivity contribution in [3.05, 3.63) is 71.3 Å². The van der Waals surface area contributed by atoms with E-state index in [9.17, 15) is 9.59 Å². The summed E-state index contributed by atoms with van der Waals surface area (Å²) in [5.41, 5.74) is 3.32. The van der Waals surface area contributed by atoms with E-state index in [2.05, 4.69) is 16.0 Å². The lowest BCUT2D eigenvalue weighted by atomic mass is 10.1. The van der Waals surface area contributed by atoms with Gasteiger partial charge in [-0.05, 0) is 67.9 Å². The lowest BCUT2D eigenvalue weighted by Crippen LogP contribution is -2.33. The molecule has 7 heteroatoms. The number of hydrogen-bond acceptors (Lipinski definition) is 4. The zero-order valence-corrected chi connectivity index (χ0v) is 17.6. The van der Waals surface area contributed by atoms with Crippen molar-refractivity contribution in [2.75, 3.05) is 18.5 Å². The Kier molecular flexibility index (Phi) is 7.70. The number of carbonyl (C=O) groups excluding carboxylic acids is 2. The van der Waals surface area contributed by atoms with Crippen LogP contribution in [0.15, 0.2) is 54.6 Å². The van der Waals surface area contributed by atoms with E-state index in [1.54, 1.807) is 30.3 Å². The van der Waals surface area contributed by atoms with E-state index in [1.165, 1.54) is 6.08 Å². The molecule has 1 fully saturated rings. The average molecular weight is 424 g/mol. The fourth-order valence-corrected chi connectivity index (χ4v) is 3.20. The molecular weight excluding hydrogens is 398 g/mol. The SMILES string of the molecule is Cc1ccc(/C=C/C(=O)NC(=S)Nc2ccc(C(=O)NCC3CCCO3)cc2)cc1. The number of ether oxygens (including phenoxy) is 1. The Balaban J connectivity index is 1.44. The molecule has 0 radical (unpaired) electrons. The highest BCUT2D eigenvalue weighted by atomic mass is 32.1. The van der Waals surface area contributed by atoms with E-state index in [-0.39, 0.29) is 23.0 Å². The molecule has 2 aromatic carbocycles. The molecule has 0 bridgehead atoms. The van der Waals surface area contributed by atoms with Gasteiger partial charge in [0.05, 0.1) is 6.10 Å². The fourth-order valence-electron chi connectivity index (χ4n) is 2.98. The first kappa shape index (κ1) is 21.7. The van der Waals surface area contributed by atoms with Gasteiger partial charge in [-0.25, -0.2) is 0 Å². The van der Waals surface area contributed by atoms with Gasteiger partial charge in [0.15, 0.2) is 5.11 Å². The maximum Gasteiger partial charge on any atom is 0.251 e. The number of carbonyl (C=O) groups is 2. The molecule has 1 aliphatic heterocycles. The van der Waals surface area contributed by atoms with Crippen LogP contribution in [0, 0.1) is 6.92 Å². The van der Waals surface area contributed by atoms with Crippen LogP contribution >= 0.6 is 12.2 Å². The first-order valence-corrected chi connectivity index (χ1v) is 10.3. The van der Waals surface area contributed by atoms with Gasteiger partial charge in [0.1, 0.15) is 0 Å². The smallest absolute Gasteiger partial charge is 0.251 e. The summed E-state index contributed by atoms with van der Waals surface area (Å²) < 4.78 is 5.50. The predicted molar refractivity (Wildman–Crippen MR) is 122 cm³/mol. The van der Waals surface area contributed by atoms with Crippen LogP contribution in [0.1, 0.15) is 34.3 Å². The first-order valence-electron chi connectivity index (χ1n) is 9.86. The van der Waals surface area contributed by atoms with Crippen molar-refractivity contribution in [3.8, 4) is 0 Å². The second-order valence-electron chi connectivity index (χ2n) is 7.11. The summed E-state index contributed by atoms with van der Waals surface area (Å²) in [6.45, 7) is 3.29. The molecule has 1 aliphatic rings. The van der Waals surface area contributed by atoms with Crippen LogP contribution in [0.4, 0.5) is 5.69 Å². The van der Waals surface area contributed by atoms with Gasteiger partial charge >= 0.3 is 0 Å². The van der Waals surface area contributed by atoms with Gasteiger partial charge in [0.25, 0.3) is 5.91 Å². The van der Waals surface area contributed by atoms with Crippen LogP contribution in [-0.4, -0.2) is 36.2 Å². The maximum absolute atomic E-state index is 12.2. The Morgan fingerprint density at radius 1 is 1.13 bits per heavy atom. The molecule has 6 nitrogen and oxygen atoms in total. The Bertz CT molecular complexity index is 918. The zero-order chi connectivity index (χ0) is 21.3. The molecule has 3 N–H and O–H groups in total. The molecule has 1 atom stereocenters. The van der Waals surface area contributed by atoms with Crippen LogP contribution < -0.4 is 16.0 Å². The van der Waals surface area contributed by atoms with Crippen molar-refractivity contribution in [1.82, 2.24) is 10.6 Å². The van der Waals surface area contributed by atoms with Crippen molar-refractivity contribution >= 4 is 40.9 Å². The van der Waals surface area contributed by atoms with E-state index < -0.39 is 0 Å². The first-order chi connectivity index (χ1) is 14.5. The number of hydrogen-bond donors (Lipinski definition) is 3. The van der Waals surface area contributed by atoms with Crippen LogP contribution in [0.3, 0.4) is 0 Å². The van der Waals surface area contributed by atoms with Crippen molar-refractivity contribution in [2.24, 2.45) is 0 Å². The van der Waals surface area contributed by atoms with Crippen molar-refractivity contribution < 1.29 is 14.3 Å².